The fourth-order valence-corrected chi connectivity index (χ4v) is 3.55. The zero-order valence-electron chi connectivity index (χ0n) is 8.39. The van der Waals surface area contributed by atoms with E-state index in [1.807, 2.05) is 0 Å². The molecule has 0 amide bonds. The third-order valence-corrected chi connectivity index (χ3v) is 4.56. The molecule has 0 atom stereocenters. The predicted molar refractivity (Wildman–Crippen MR) is 59.4 cm³/mol. The van der Waals surface area contributed by atoms with Crippen molar-refractivity contribution in [2.75, 3.05) is 0 Å². The van der Waals surface area contributed by atoms with Gasteiger partial charge in [-0.3, -0.25) is 0 Å². The molecule has 1 fully saturated rings. The van der Waals surface area contributed by atoms with Crippen molar-refractivity contribution in [2.24, 2.45) is 5.92 Å². The van der Waals surface area contributed by atoms with Crippen LogP contribution in [-0.4, -0.2) is 9.52 Å². The average molecular weight is 182 g/mol. The molecule has 1 rings (SSSR count). The van der Waals surface area contributed by atoms with Crippen LogP contribution in [-0.2, 0) is 0 Å². The normalized spacial score (nSPS) is 21.4. The Kier molecular flexibility index (Phi) is 5.41. The largest absolute Gasteiger partial charge is 0.106 e. The first kappa shape index (κ1) is 10.0. The Morgan fingerprint density at radius 3 is 2.67 bits per heavy atom. The third-order valence-electron chi connectivity index (χ3n) is 2.94. The molecule has 1 saturated carbocycles. The Bertz CT molecular complexity index is 123. The smallest absolute Gasteiger partial charge is 0.0450 e. The molecule has 0 saturated heterocycles. The number of rotatable bonds is 4. The summed E-state index contributed by atoms with van der Waals surface area (Å²) < 4.78 is 0. The molecule has 1 aliphatic carbocycles. The monoisotopic (exact) mass is 182 g/mol. The van der Waals surface area contributed by atoms with E-state index in [1.54, 1.807) is 6.04 Å². The highest BCUT2D eigenvalue weighted by atomic mass is 28.2. The molecule has 0 aromatic carbocycles. The van der Waals surface area contributed by atoms with Crippen molar-refractivity contribution in [3.63, 3.8) is 0 Å². The van der Waals surface area contributed by atoms with Gasteiger partial charge in [0.05, 0.1) is 0 Å². The van der Waals surface area contributed by atoms with Gasteiger partial charge in [0, 0.05) is 9.52 Å². The summed E-state index contributed by atoms with van der Waals surface area (Å²) in [6, 6.07) is 1.55. The Labute approximate surface area is 79.3 Å². The zero-order valence-corrected chi connectivity index (χ0v) is 9.80. The molecule has 1 heteroatoms. The van der Waals surface area contributed by atoms with E-state index in [0.717, 1.165) is 5.92 Å². The van der Waals surface area contributed by atoms with E-state index in [4.69, 9.17) is 0 Å². The summed E-state index contributed by atoms with van der Waals surface area (Å²) in [6.45, 7) is 2.15. The minimum Gasteiger partial charge on any atom is -0.106 e. The minimum absolute atomic E-state index is 0.186. The zero-order chi connectivity index (χ0) is 8.65. The van der Waals surface area contributed by atoms with Crippen molar-refractivity contribution in [3.8, 4) is 0 Å². The van der Waals surface area contributed by atoms with E-state index in [0.29, 0.717) is 0 Å². The minimum atomic E-state index is 0.186. The Balaban J connectivity index is 1.97. The quantitative estimate of drug-likeness (QED) is 0.463. The maximum atomic E-state index is 2.43. The van der Waals surface area contributed by atoms with Gasteiger partial charge in [0.25, 0.3) is 0 Å². The van der Waals surface area contributed by atoms with Crippen LogP contribution in [0.4, 0.5) is 0 Å². The van der Waals surface area contributed by atoms with Gasteiger partial charge >= 0.3 is 0 Å². The first-order valence-corrected chi connectivity index (χ1v) is 7.36. The van der Waals surface area contributed by atoms with Crippen LogP contribution in [0.1, 0.15) is 45.4 Å². The Morgan fingerprint density at radius 1 is 1.25 bits per heavy atom. The van der Waals surface area contributed by atoms with E-state index < -0.39 is 0 Å². The Hall–Kier alpha value is -0.0431. The van der Waals surface area contributed by atoms with Crippen molar-refractivity contribution < 1.29 is 0 Å². The van der Waals surface area contributed by atoms with Crippen LogP contribution in [0.25, 0.3) is 0 Å². The summed E-state index contributed by atoms with van der Waals surface area (Å²) in [5.74, 6) is 1.11. The summed E-state index contributed by atoms with van der Waals surface area (Å²) in [5.41, 5.74) is 2.43. The fraction of sp³-hybridized carbons (Fsp3) is 0.818. The molecule has 0 N–H and O–H groups in total. The Morgan fingerprint density at radius 2 is 2.00 bits per heavy atom. The van der Waals surface area contributed by atoms with Crippen LogP contribution in [0.15, 0.2) is 11.8 Å². The molecule has 0 aromatic rings. The second-order valence-electron chi connectivity index (χ2n) is 4.00. The molecule has 1 aliphatic rings. The van der Waals surface area contributed by atoms with Crippen LogP contribution < -0.4 is 0 Å². The molecule has 0 bridgehead atoms. The lowest BCUT2D eigenvalue weighted by molar-refractivity contribution is 0.349. The number of allylic oxidation sites excluding steroid dienone is 1. The van der Waals surface area contributed by atoms with Gasteiger partial charge in [-0.25, -0.2) is 0 Å². The van der Waals surface area contributed by atoms with Gasteiger partial charge in [0.2, 0.25) is 0 Å². The van der Waals surface area contributed by atoms with Crippen molar-refractivity contribution in [3.05, 3.63) is 11.8 Å². The van der Waals surface area contributed by atoms with Crippen molar-refractivity contribution in [2.45, 2.75) is 51.5 Å². The molecule has 70 valence electrons. The highest BCUT2D eigenvalue weighted by Gasteiger charge is 2.11. The summed E-state index contributed by atoms with van der Waals surface area (Å²) in [6.07, 6.45) is 11.4. The number of hydrogen-bond acceptors (Lipinski definition) is 0. The van der Waals surface area contributed by atoms with E-state index in [2.05, 4.69) is 18.7 Å². The third kappa shape index (κ3) is 4.10. The van der Waals surface area contributed by atoms with E-state index in [-0.39, 0.29) is 9.52 Å². The highest BCUT2D eigenvalue weighted by Crippen LogP contribution is 2.27. The van der Waals surface area contributed by atoms with Crippen LogP contribution in [0.3, 0.4) is 0 Å². The molecule has 0 heterocycles. The molecule has 12 heavy (non-hydrogen) atoms. The fourth-order valence-electron chi connectivity index (χ4n) is 2.17. The summed E-state index contributed by atoms with van der Waals surface area (Å²) in [5, 5.41) is 0. The second kappa shape index (κ2) is 6.47. The molecule has 0 radical (unpaired) electrons. The van der Waals surface area contributed by atoms with Gasteiger partial charge in [-0.2, -0.15) is 0 Å². The molecule has 0 aromatic heterocycles. The van der Waals surface area contributed by atoms with Gasteiger partial charge in [-0.15, -0.1) is 5.70 Å². The first-order valence-electron chi connectivity index (χ1n) is 5.54. The molecule has 0 unspecified atom stereocenters. The van der Waals surface area contributed by atoms with E-state index in [9.17, 15) is 0 Å². The van der Waals surface area contributed by atoms with Crippen LogP contribution in [0.5, 0.6) is 0 Å². The lowest BCUT2D eigenvalue weighted by Crippen LogP contribution is -2.06. The maximum absolute atomic E-state index is 2.43. The van der Waals surface area contributed by atoms with Gasteiger partial charge < -0.3 is 0 Å². The highest BCUT2D eigenvalue weighted by molar-refractivity contribution is 6.41. The first-order chi connectivity index (χ1) is 5.93. The molecule has 0 nitrogen and oxygen atoms in total. The van der Waals surface area contributed by atoms with Crippen molar-refractivity contribution in [1.82, 2.24) is 0 Å². The van der Waals surface area contributed by atoms with Gasteiger partial charge in [-0.05, 0) is 12.8 Å². The van der Waals surface area contributed by atoms with Crippen LogP contribution in [0.2, 0.25) is 6.04 Å². The molecular weight excluding hydrogens is 160 g/mol. The SMILES string of the molecule is CC=C[SiH2]CCC1CCCCC1. The summed E-state index contributed by atoms with van der Waals surface area (Å²) in [7, 11) is 0.186. The van der Waals surface area contributed by atoms with E-state index in [1.165, 1.54) is 38.5 Å². The van der Waals surface area contributed by atoms with Crippen LogP contribution in [0, 0.1) is 5.92 Å². The standard InChI is InChI=1S/C11H22Si/c1-2-9-12-10-8-11-6-4-3-5-7-11/h2,9,11H,3-8,10,12H2,1H3. The molecule has 0 spiro atoms. The predicted octanol–water partition coefficient (Wildman–Crippen LogP) is 3.08. The van der Waals surface area contributed by atoms with Gasteiger partial charge in [0.1, 0.15) is 0 Å². The van der Waals surface area contributed by atoms with Gasteiger partial charge in [0.15, 0.2) is 0 Å². The lowest BCUT2D eigenvalue weighted by Gasteiger charge is -2.20. The number of hydrogen-bond donors (Lipinski definition) is 0. The lowest BCUT2D eigenvalue weighted by atomic mass is 9.88. The second-order valence-corrected chi connectivity index (χ2v) is 5.76. The molecule has 0 aliphatic heterocycles. The molecular formula is C11H22Si. The summed E-state index contributed by atoms with van der Waals surface area (Å²) >= 11 is 0. The average Bonchev–Trinajstić information content (AvgIpc) is 2.14. The topological polar surface area (TPSA) is 0 Å². The summed E-state index contributed by atoms with van der Waals surface area (Å²) in [4.78, 5) is 0. The maximum Gasteiger partial charge on any atom is 0.0450 e. The van der Waals surface area contributed by atoms with Gasteiger partial charge in [-0.1, -0.05) is 50.6 Å². The van der Waals surface area contributed by atoms with Crippen LogP contribution >= 0.6 is 0 Å². The van der Waals surface area contributed by atoms with E-state index >= 15 is 0 Å². The van der Waals surface area contributed by atoms with Crippen molar-refractivity contribution in [1.29, 1.82) is 0 Å². The van der Waals surface area contributed by atoms with Crippen molar-refractivity contribution >= 4 is 9.52 Å².